The topological polar surface area (TPSA) is 34.5 Å². The van der Waals surface area contributed by atoms with Crippen LogP contribution in [0.25, 0.3) is 10.9 Å². The van der Waals surface area contributed by atoms with Crippen LogP contribution in [0, 0.1) is 0 Å². The molecule has 0 radical (unpaired) electrons. The molecular formula is C14H16N2O2. The van der Waals surface area contributed by atoms with Crippen molar-refractivity contribution in [2.24, 2.45) is 7.05 Å². The largest absolute Gasteiger partial charge is 0.378 e. The lowest BCUT2D eigenvalue weighted by atomic mass is 10.2. The fraction of sp³-hybridized carbons (Fsp3) is 0.357. The SMILES string of the molecule is Cn1c(N2CCOCC2)cc(=O)c2ccccc21. The molecule has 0 unspecified atom stereocenters. The van der Waals surface area contributed by atoms with E-state index in [9.17, 15) is 4.79 Å². The van der Waals surface area contributed by atoms with Crippen LogP contribution in [-0.2, 0) is 11.8 Å². The molecule has 1 aliphatic heterocycles. The van der Waals surface area contributed by atoms with E-state index in [1.807, 2.05) is 31.3 Å². The van der Waals surface area contributed by atoms with Crippen LogP contribution < -0.4 is 10.3 Å². The Bertz CT molecular complexity index is 627. The summed E-state index contributed by atoms with van der Waals surface area (Å²) in [6.07, 6.45) is 0. The van der Waals surface area contributed by atoms with Crippen molar-refractivity contribution in [3.63, 3.8) is 0 Å². The average Bonchev–Trinajstić information content (AvgIpc) is 2.44. The first-order valence-electron chi connectivity index (χ1n) is 6.19. The predicted molar refractivity (Wildman–Crippen MR) is 72.2 cm³/mol. The number of morpholine rings is 1. The Labute approximate surface area is 105 Å². The molecular weight excluding hydrogens is 228 g/mol. The summed E-state index contributed by atoms with van der Waals surface area (Å²) < 4.78 is 7.44. The van der Waals surface area contributed by atoms with E-state index >= 15 is 0 Å². The van der Waals surface area contributed by atoms with Gasteiger partial charge in [-0.2, -0.15) is 0 Å². The summed E-state index contributed by atoms with van der Waals surface area (Å²) >= 11 is 0. The minimum Gasteiger partial charge on any atom is -0.378 e. The number of benzene rings is 1. The van der Waals surface area contributed by atoms with Crippen molar-refractivity contribution in [2.45, 2.75) is 0 Å². The van der Waals surface area contributed by atoms with Crippen LogP contribution in [0.15, 0.2) is 35.1 Å². The number of fused-ring (bicyclic) bond motifs is 1. The van der Waals surface area contributed by atoms with Crippen molar-refractivity contribution in [1.82, 2.24) is 4.57 Å². The zero-order chi connectivity index (χ0) is 12.5. The maximum absolute atomic E-state index is 12.1. The molecule has 1 aromatic heterocycles. The molecule has 1 saturated heterocycles. The highest BCUT2D eigenvalue weighted by Crippen LogP contribution is 2.19. The van der Waals surface area contributed by atoms with Crippen molar-refractivity contribution in [3.8, 4) is 0 Å². The van der Waals surface area contributed by atoms with Gasteiger partial charge in [-0.05, 0) is 12.1 Å². The molecule has 18 heavy (non-hydrogen) atoms. The lowest BCUT2D eigenvalue weighted by molar-refractivity contribution is 0.122. The lowest BCUT2D eigenvalue weighted by Crippen LogP contribution is -2.38. The number of ether oxygens (including phenoxy) is 1. The van der Waals surface area contributed by atoms with E-state index < -0.39 is 0 Å². The van der Waals surface area contributed by atoms with Gasteiger partial charge in [0.05, 0.1) is 18.7 Å². The molecule has 4 nitrogen and oxygen atoms in total. The van der Waals surface area contributed by atoms with Crippen LogP contribution in [0.1, 0.15) is 0 Å². The third-order valence-corrected chi connectivity index (χ3v) is 3.47. The number of hydrogen-bond acceptors (Lipinski definition) is 3. The monoisotopic (exact) mass is 244 g/mol. The van der Waals surface area contributed by atoms with Gasteiger partial charge in [-0.1, -0.05) is 12.1 Å². The van der Waals surface area contributed by atoms with Gasteiger partial charge >= 0.3 is 0 Å². The zero-order valence-electron chi connectivity index (χ0n) is 10.4. The Kier molecular flexibility index (Phi) is 2.80. The summed E-state index contributed by atoms with van der Waals surface area (Å²) in [7, 11) is 2.01. The van der Waals surface area contributed by atoms with Crippen LogP contribution in [0.4, 0.5) is 5.82 Å². The number of nitrogens with zero attached hydrogens (tertiary/aromatic N) is 2. The van der Waals surface area contributed by atoms with E-state index in [1.54, 1.807) is 6.07 Å². The van der Waals surface area contributed by atoms with Crippen molar-refractivity contribution < 1.29 is 4.74 Å². The van der Waals surface area contributed by atoms with Gasteiger partial charge in [-0.15, -0.1) is 0 Å². The highest BCUT2D eigenvalue weighted by molar-refractivity contribution is 5.81. The van der Waals surface area contributed by atoms with Crippen molar-refractivity contribution in [2.75, 3.05) is 31.2 Å². The van der Waals surface area contributed by atoms with Gasteiger partial charge in [-0.3, -0.25) is 4.79 Å². The summed E-state index contributed by atoms with van der Waals surface area (Å²) in [5.74, 6) is 0.974. The quantitative estimate of drug-likeness (QED) is 0.760. The average molecular weight is 244 g/mol. The zero-order valence-corrected chi connectivity index (χ0v) is 10.4. The molecule has 3 rings (SSSR count). The van der Waals surface area contributed by atoms with E-state index in [0.29, 0.717) is 0 Å². The second-order valence-corrected chi connectivity index (χ2v) is 4.54. The lowest BCUT2D eigenvalue weighted by Gasteiger charge is -2.30. The molecule has 2 aromatic rings. The van der Waals surface area contributed by atoms with Crippen LogP contribution in [-0.4, -0.2) is 30.9 Å². The first-order valence-corrected chi connectivity index (χ1v) is 6.19. The Morgan fingerprint density at radius 3 is 2.67 bits per heavy atom. The molecule has 2 heterocycles. The van der Waals surface area contributed by atoms with Gasteiger partial charge < -0.3 is 14.2 Å². The Hall–Kier alpha value is -1.81. The molecule has 0 spiro atoms. The number of aryl methyl sites for hydroxylation is 1. The van der Waals surface area contributed by atoms with Gasteiger partial charge in [0, 0.05) is 31.6 Å². The normalized spacial score (nSPS) is 16.2. The standard InChI is InChI=1S/C14H16N2O2/c1-15-12-5-3-2-4-11(12)13(17)10-14(15)16-6-8-18-9-7-16/h2-5,10H,6-9H2,1H3. The first-order chi connectivity index (χ1) is 8.77. The van der Waals surface area contributed by atoms with Crippen molar-refractivity contribution >= 4 is 16.7 Å². The fourth-order valence-corrected chi connectivity index (χ4v) is 2.49. The number of anilines is 1. The van der Waals surface area contributed by atoms with E-state index in [2.05, 4.69) is 9.47 Å². The third kappa shape index (κ3) is 1.78. The molecule has 94 valence electrons. The van der Waals surface area contributed by atoms with Crippen molar-refractivity contribution in [1.29, 1.82) is 0 Å². The minimum atomic E-state index is 0.0881. The molecule has 1 fully saturated rings. The molecule has 0 N–H and O–H groups in total. The molecule has 0 amide bonds. The van der Waals surface area contributed by atoms with E-state index in [4.69, 9.17) is 4.74 Å². The molecule has 0 bridgehead atoms. The number of rotatable bonds is 1. The van der Waals surface area contributed by atoms with Gasteiger partial charge in [0.15, 0.2) is 5.43 Å². The van der Waals surface area contributed by atoms with Crippen LogP contribution >= 0.6 is 0 Å². The smallest absolute Gasteiger partial charge is 0.191 e. The van der Waals surface area contributed by atoms with Gasteiger partial charge in [-0.25, -0.2) is 0 Å². The Balaban J connectivity index is 2.18. The van der Waals surface area contributed by atoms with E-state index in [1.165, 1.54) is 0 Å². The summed E-state index contributed by atoms with van der Waals surface area (Å²) in [4.78, 5) is 14.3. The number of para-hydroxylation sites is 1. The molecule has 0 saturated carbocycles. The predicted octanol–water partition coefficient (Wildman–Crippen LogP) is 1.38. The summed E-state index contributed by atoms with van der Waals surface area (Å²) in [5.41, 5.74) is 1.07. The highest BCUT2D eigenvalue weighted by atomic mass is 16.5. The summed E-state index contributed by atoms with van der Waals surface area (Å²) in [6.45, 7) is 3.12. The Morgan fingerprint density at radius 2 is 1.89 bits per heavy atom. The second-order valence-electron chi connectivity index (χ2n) is 4.54. The molecule has 1 aliphatic rings. The summed E-state index contributed by atoms with van der Waals surface area (Å²) in [5, 5.41) is 0.775. The van der Waals surface area contributed by atoms with E-state index in [-0.39, 0.29) is 5.43 Å². The highest BCUT2D eigenvalue weighted by Gasteiger charge is 2.15. The number of hydrogen-bond donors (Lipinski definition) is 0. The fourth-order valence-electron chi connectivity index (χ4n) is 2.49. The summed E-state index contributed by atoms with van der Waals surface area (Å²) in [6, 6.07) is 9.46. The maximum atomic E-state index is 12.1. The van der Waals surface area contributed by atoms with Gasteiger partial charge in [0.1, 0.15) is 5.82 Å². The van der Waals surface area contributed by atoms with Crippen LogP contribution in [0.2, 0.25) is 0 Å². The molecule has 4 heteroatoms. The number of pyridine rings is 1. The molecule has 1 aromatic carbocycles. The molecule has 0 aliphatic carbocycles. The second kappa shape index (κ2) is 4.46. The van der Waals surface area contributed by atoms with Gasteiger partial charge in [0.25, 0.3) is 0 Å². The third-order valence-electron chi connectivity index (χ3n) is 3.47. The van der Waals surface area contributed by atoms with Crippen LogP contribution in [0.5, 0.6) is 0 Å². The minimum absolute atomic E-state index is 0.0881. The van der Waals surface area contributed by atoms with Crippen molar-refractivity contribution in [3.05, 3.63) is 40.6 Å². The molecule has 0 atom stereocenters. The van der Waals surface area contributed by atoms with Gasteiger partial charge in [0.2, 0.25) is 0 Å². The van der Waals surface area contributed by atoms with Crippen LogP contribution in [0.3, 0.4) is 0 Å². The van der Waals surface area contributed by atoms with E-state index in [0.717, 1.165) is 43.0 Å². The first kappa shape index (κ1) is 11.3. The Morgan fingerprint density at radius 1 is 1.17 bits per heavy atom. The maximum Gasteiger partial charge on any atom is 0.191 e. The number of aromatic nitrogens is 1.